The lowest BCUT2D eigenvalue weighted by Gasteiger charge is -1.98. The molecular weight excluding hydrogens is 248 g/mol. The summed E-state index contributed by atoms with van der Waals surface area (Å²) in [5.41, 5.74) is 0. The van der Waals surface area contributed by atoms with Crippen LogP contribution in [0.15, 0.2) is 12.2 Å². The first-order chi connectivity index (χ1) is 9.70. The molecule has 0 aliphatic rings. The zero-order valence-corrected chi connectivity index (χ0v) is 13.5. The second-order valence-electron chi connectivity index (χ2n) is 5.59. The fourth-order valence-electron chi connectivity index (χ4n) is 2.16. The van der Waals surface area contributed by atoms with Crippen molar-refractivity contribution in [1.82, 2.24) is 0 Å². The van der Waals surface area contributed by atoms with Crippen LogP contribution in [0.3, 0.4) is 0 Å². The number of carbonyl (C=O) groups is 2. The van der Waals surface area contributed by atoms with Gasteiger partial charge in [-0.05, 0) is 25.0 Å². The average molecular weight is 280 g/mol. The lowest BCUT2D eigenvalue weighted by Crippen LogP contribution is -1.97. The molecule has 0 heterocycles. The predicted octanol–water partition coefficient (Wildman–Crippen LogP) is 5.40. The molecule has 0 aromatic heterocycles. The van der Waals surface area contributed by atoms with Crippen molar-refractivity contribution < 1.29 is 9.59 Å². The minimum atomic E-state index is 0.0980. The third-order valence-corrected chi connectivity index (χ3v) is 3.51. The smallest absolute Gasteiger partial charge is 0.155 e. The zero-order chi connectivity index (χ0) is 15.1. The fourth-order valence-corrected chi connectivity index (χ4v) is 2.16. The summed E-state index contributed by atoms with van der Waals surface area (Å²) in [5, 5.41) is 0. The summed E-state index contributed by atoms with van der Waals surface area (Å²) in [7, 11) is 0. The summed E-state index contributed by atoms with van der Waals surface area (Å²) in [6.07, 6.45) is 15.7. The molecular formula is C18H32O2. The van der Waals surface area contributed by atoms with E-state index in [1.807, 2.05) is 0 Å². The summed E-state index contributed by atoms with van der Waals surface area (Å²) in [6.45, 7) is 4.36. The number of hydrogen-bond acceptors (Lipinski definition) is 2. The Morgan fingerprint density at radius 2 is 0.950 bits per heavy atom. The lowest BCUT2D eigenvalue weighted by atomic mass is 10.1. The second-order valence-corrected chi connectivity index (χ2v) is 5.59. The quantitative estimate of drug-likeness (QED) is 0.315. The van der Waals surface area contributed by atoms with Crippen molar-refractivity contribution in [2.75, 3.05) is 0 Å². The van der Waals surface area contributed by atoms with Crippen LogP contribution in [-0.2, 0) is 9.59 Å². The van der Waals surface area contributed by atoms with Crippen molar-refractivity contribution in [2.24, 2.45) is 0 Å². The van der Waals surface area contributed by atoms with Gasteiger partial charge in [-0.2, -0.15) is 0 Å². The van der Waals surface area contributed by atoms with Gasteiger partial charge in [0.15, 0.2) is 11.6 Å². The first kappa shape index (κ1) is 19.1. The highest BCUT2D eigenvalue weighted by molar-refractivity contribution is 5.98. The van der Waals surface area contributed by atoms with E-state index in [-0.39, 0.29) is 11.6 Å². The van der Waals surface area contributed by atoms with Gasteiger partial charge in [-0.25, -0.2) is 0 Å². The zero-order valence-electron chi connectivity index (χ0n) is 13.5. The predicted molar refractivity (Wildman–Crippen MR) is 85.9 cm³/mol. The van der Waals surface area contributed by atoms with Crippen molar-refractivity contribution >= 4 is 11.6 Å². The lowest BCUT2D eigenvalue weighted by molar-refractivity contribution is -0.116. The van der Waals surface area contributed by atoms with Gasteiger partial charge in [0.2, 0.25) is 0 Å². The Kier molecular flexibility index (Phi) is 13.8. The van der Waals surface area contributed by atoms with Crippen LogP contribution in [0.1, 0.15) is 90.9 Å². The van der Waals surface area contributed by atoms with Crippen molar-refractivity contribution in [3.05, 3.63) is 12.2 Å². The monoisotopic (exact) mass is 280 g/mol. The van der Waals surface area contributed by atoms with Gasteiger partial charge in [-0.1, -0.05) is 65.2 Å². The Balaban J connectivity index is 3.54. The largest absolute Gasteiger partial charge is 0.295 e. The van der Waals surface area contributed by atoms with Crippen molar-refractivity contribution in [1.29, 1.82) is 0 Å². The van der Waals surface area contributed by atoms with Gasteiger partial charge in [-0.3, -0.25) is 9.59 Å². The van der Waals surface area contributed by atoms with E-state index in [0.717, 1.165) is 25.7 Å². The molecule has 0 fully saturated rings. The van der Waals surface area contributed by atoms with E-state index >= 15 is 0 Å². The first-order valence-corrected chi connectivity index (χ1v) is 8.44. The maximum Gasteiger partial charge on any atom is 0.155 e. The normalized spacial score (nSPS) is 11.1. The third kappa shape index (κ3) is 13.5. The van der Waals surface area contributed by atoms with Gasteiger partial charge in [-0.15, -0.1) is 0 Å². The Labute approximate surface area is 125 Å². The molecule has 116 valence electrons. The average Bonchev–Trinajstić information content (AvgIpc) is 2.44. The fraction of sp³-hybridized carbons (Fsp3) is 0.778. The van der Waals surface area contributed by atoms with Crippen molar-refractivity contribution in [2.45, 2.75) is 90.9 Å². The molecule has 0 unspecified atom stereocenters. The number of rotatable bonds is 14. The SMILES string of the molecule is CCCCCCCC(=O)C=CC(=O)CCCCCCC. The van der Waals surface area contributed by atoms with E-state index in [4.69, 9.17) is 0 Å². The van der Waals surface area contributed by atoms with Gasteiger partial charge >= 0.3 is 0 Å². The van der Waals surface area contributed by atoms with Crippen LogP contribution >= 0.6 is 0 Å². The molecule has 2 nitrogen and oxygen atoms in total. The molecule has 0 spiro atoms. The molecule has 20 heavy (non-hydrogen) atoms. The Hall–Kier alpha value is -0.920. The number of hydrogen-bond donors (Lipinski definition) is 0. The maximum atomic E-state index is 11.6. The van der Waals surface area contributed by atoms with Gasteiger partial charge in [0.25, 0.3) is 0 Å². The van der Waals surface area contributed by atoms with E-state index in [9.17, 15) is 9.59 Å². The minimum absolute atomic E-state index is 0.0980. The highest BCUT2D eigenvalue weighted by Crippen LogP contribution is 2.07. The summed E-state index contributed by atoms with van der Waals surface area (Å²) in [4.78, 5) is 23.1. The number of ketones is 2. The highest BCUT2D eigenvalue weighted by Gasteiger charge is 2.00. The maximum absolute atomic E-state index is 11.6. The van der Waals surface area contributed by atoms with Gasteiger partial charge in [0, 0.05) is 12.8 Å². The first-order valence-electron chi connectivity index (χ1n) is 8.44. The van der Waals surface area contributed by atoms with Crippen LogP contribution in [0.25, 0.3) is 0 Å². The van der Waals surface area contributed by atoms with E-state index in [2.05, 4.69) is 13.8 Å². The molecule has 0 bridgehead atoms. The van der Waals surface area contributed by atoms with Crippen LogP contribution in [0.2, 0.25) is 0 Å². The van der Waals surface area contributed by atoms with E-state index < -0.39 is 0 Å². The second kappa shape index (κ2) is 14.5. The van der Waals surface area contributed by atoms with Gasteiger partial charge in [0.05, 0.1) is 0 Å². The highest BCUT2D eigenvalue weighted by atomic mass is 16.1. The molecule has 0 aliphatic heterocycles. The van der Waals surface area contributed by atoms with E-state index in [0.29, 0.717) is 12.8 Å². The number of allylic oxidation sites excluding steroid dienone is 2. The van der Waals surface area contributed by atoms with Gasteiger partial charge in [0.1, 0.15) is 0 Å². The molecule has 2 heteroatoms. The Bertz CT molecular complexity index is 251. The molecule has 0 saturated heterocycles. The molecule has 0 atom stereocenters. The number of unbranched alkanes of at least 4 members (excludes halogenated alkanes) is 8. The van der Waals surface area contributed by atoms with Crippen molar-refractivity contribution in [3.63, 3.8) is 0 Å². The van der Waals surface area contributed by atoms with Crippen molar-refractivity contribution in [3.8, 4) is 0 Å². The standard InChI is InChI=1S/C18H32O2/c1-3-5-7-9-11-13-17(19)15-16-18(20)14-12-10-8-6-4-2/h15-16H,3-14H2,1-2H3. The van der Waals surface area contributed by atoms with Crippen LogP contribution < -0.4 is 0 Å². The molecule has 0 rings (SSSR count). The molecule has 0 aromatic carbocycles. The topological polar surface area (TPSA) is 34.1 Å². The summed E-state index contributed by atoms with van der Waals surface area (Å²) >= 11 is 0. The molecule has 0 N–H and O–H groups in total. The van der Waals surface area contributed by atoms with Gasteiger partial charge < -0.3 is 0 Å². The Morgan fingerprint density at radius 3 is 1.30 bits per heavy atom. The van der Waals surface area contributed by atoms with E-state index in [1.54, 1.807) is 0 Å². The van der Waals surface area contributed by atoms with Crippen LogP contribution in [-0.4, -0.2) is 11.6 Å². The molecule has 0 saturated carbocycles. The number of carbonyl (C=O) groups excluding carboxylic acids is 2. The summed E-state index contributed by atoms with van der Waals surface area (Å²) in [6, 6.07) is 0. The molecule has 0 aromatic rings. The Morgan fingerprint density at radius 1 is 0.600 bits per heavy atom. The summed E-state index contributed by atoms with van der Waals surface area (Å²) in [5.74, 6) is 0.196. The third-order valence-electron chi connectivity index (χ3n) is 3.51. The summed E-state index contributed by atoms with van der Waals surface area (Å²) < 4.78 is 0. The van der Waals surface area contributed by atoms with Crippen LogP contribution in [0, 0.1) is 0 Å². The van der Waals surface area contributed by atoms with Crippen LogP contribution in [0.4, 0.5) is 0 Å². The van der Waals surface area contributed by atoms with E-state index in [1.165, 1.54) is 50.7 Å². The van der Waals surface area contributed by atoms with Crippen LogP contribution in [0.5, 0.6) is 0 Å². The molecule has 0 aliphatic carbocycles. The molecule has 0 radical (unpaired) electrons. The molecule has 0 amide bonds. The minimum Gasteiger partial charge on any atom is -0.295 e.